The average molecular weight is 219 g/mol. The molecule has 1 amide bonds. The van der Waals surface area contributed by atoms with Crippen molar-refractivity contribution in [2.45, 2.75) is 20.3 Å². The second-order valence-corrected chi connectivity index (χ2v) is 5.84. The van der Waals surface area contributed by atoms with Crippen molar-refractivity contribution in [3.05, 3.63) is 0 Å². The Morgan fingerprint density at radius 1 is 1.36 bits per heavy atom. The normalized spacial score (nSPS) is 24.9. The van der Waals surface area contributed by atoms with Gasteiger partial charge in [0.15, 0.2) is 9.84 Å². The van der Waals surface area contributed by atoms with Crippen molar-refractivity contribution in [1.29, 1.82) is 0 Å². The molecule has 1 aliphatic heterocycles. The molecule has 1 saturated heterocycles. The van der Waals surface area contributed by atoms with Gasteiger partial charge < -0.3 is 4.90 Å². The van der Waals surface area contributed by atoms with Crippen molar-refractivity contribution in [3.8, 4) is 0 Å². The Balaban J connectivity index is 2.63. The number of nitrogens with zero attached hydrogens (tertiary/aromatic N) is 1. The molecule has 0 aromatic rings. The molecule has 0 N–H and O–H groups in total. The van der Waals surface area contributed by atoms with E-state index >= 15 is 0 Å². The number of carbonyl (C=O) groups is 1. The zero-order chi connectivity index (χ0) is 10.8. The summed E-state index contributed by atoms with van der Waals surface area (Å²) >= 11 is 0. The van der Waals surface area contributed by atoms with E-state index in [1.165, 1.54) is 0 Å². The lowest BCUT2D eigenvalue weighted by Crippen LogP contribution is -2.36. The van der Waals surface area contributed by atoms with E-state index in [2.05, 4.69) is 0 Å². The Morgan fingerprint density at radius 2 is 1.93 bits per heavy atom. The predicted octanol–water partition coefficient (Wildman–Crippen LogP) is 0.290. The number of amides is 1. The van der Waals surface area contributed by atoms with Gasteiger partial charge in [0.1, 0.15) is 0 Å². The van der Waals surface area contributed by atoms with Gasteiger partial charge in [0.05, 0.1) is 17.4 Å². The molecular formula is C9H17NO3S. The van der Waals surface area contributed by atoms with E-state index in [1.54, 1.807) is 4.90 Å². The topological polar surface area (TPSA) is 54.5 Å². The highest BCUT2D eigenvalue weighted by molar-refractivity contribution is 7.91. The van der Waals surface area contributed by atoms with Gasteiger partial charge in [-0.1, -0.05) is 0 Å². The standard InChI is InChI=1S/C9H17NO3S/c1-3-10(4-2)9(11)8-5-6-14(12,13)7-8/h8H,3-7H2,1-2H3. The van der Waals surface area contributed by atoms with Gasteiger partial charge in [0.2, 0.25) is 5.91 Å². The lowest BCUT2D eigenvalue weighted by atomic mass is 10.1. The van der Waals surface area contributed by atoms with Crippen LogP contribution in [0.1, 0.15) is 20.3 Å². The minimum absolute atomic E-state index is 0.00363. The first kappa shape index (κ1) is 11.5. The van der Waals surface area contributed by atoms with Crippen LogP contribution < -0.4 is 0 Å². The van der Waals surface area contributed by atoms with Gasteiger partial charge in [-0.3, -0.25) is 4.79 Å². The van der Waals surface area contributed by atoms with Crippen molar-refractivity contribution in [2.75, 3.05) is 24.6 Å². The van der Waals surface area contributed by atoms with Crippen LogP contribution >= 0.6 is 0 Å². The molecule has 0 aromatic heterocycles. The quantitative estimate of drug-likeness (QED) is 0.685. The van der Waals surface area contributed by atoms with E-state index in [0.29, 0.717) is 19.5 Å². The number of carbonyl (C=O) groups excluding carboxylic acids is 1. The molecule has 0 radical (unpaired) electrons. The molecular weight excluding hydrogens is 202 g/mol. The van der Waals surface area contributed by atoms with Crippen LogP contribution in [0.25, 0.3) is 0 Å². The molecule has 0 bridgehead atoms. The lowest BCUT2D eigenvalue weighted by Gasteiger charge is -2.21. The molecule has 1 rings (SSSR count). The van der Waals surface area contributed by atoms with Gasteiger partial charge in [-0.25, -0.2) is 8.42 Å². The number of hydrogen-bond acceptors (Lipinski definition) is 3. The zero-order valence-corrected chi connectivity index (χ0v) is 9.51. The molecule has 0 aliphatic carbocycles. The van der Waals surface area contributed by atoms with Crippen LogP contribution in [0.5, 0.6) is 0 Å². The van der Waals surface area contributed by atoms with Crippen molar-refractivity contribution in [1.82, 2.24) is 4.90 Å². The summed E-state index contributed by atoms with van der Waals surface area (Å²) in [5.41, 5.74) is 0. The van der Waals surface area contributed by atoms with Gasteiger partial charge in [0, 0.05) is 13.1 Å². The monoisotopic (exact) mass is 219 g/mol. The van der Waals surface area contributed by atoms with Crippen molar-refractivity contribution in [2.24, 2.45) is 5.92 Å². The first-order chi connectivity index (χ1) is 6.50. The molecule has 0 saturated carbocycles. The van der Waals surface area contributed by atoms with E-state index in [0.717, 1.165) is 0 Å². The lowest BCUT2D eigenvalue weighted by molar-refractivity contribution is -0.134. The fourth-order valence-electron chi connectivity index (χ4n) is 1.78. The van der Waals surface area contributed by atoms with E-state index in [1.807, 2.05) is 13.8 Å². The number of rotatable bonds is 3. The molecule has 4 nitrogen and oxygen atoms in total. The highest BCUT2D eigenvalue weighted by atomic mass is 32.2. The highest BCUT2D eigenvalue weighted by Gasteiger charge is 2.34. The molecule has 0 aromatic carbocycles. The summed E-state index contributed by atoms with van der Waals surface area (Å²) in [5.74, 6) is -0.0801. The van der Waals surface area contributed by atoms with Gasteiger partial charge in [-0.15, -0.1) is 0 Å². The van der Waals surface area contributed by atoms with Crippen LogP contribution in [0.3, 0.4) is 0 Å². The Kier molecular flexibility index (Phi) is 3.53. The molecule has 5 heteroatoms. The Morgan fingerprint density at radius 3 is 2.29 bits per heavy atom. The molecule has 82 valence electrons. The maximum atomic E-state index is 11.8. The summed E-state index contributed by atoms with van der Waals surface area (Å²) in [7, 11) is -2.94. The smallest absolute Gasteiger partial charge is 0.226 e. The van der Waals surface area contributed by atoms with Crippen LogP contribution in [0, 0.1) is 5.92 Å². The van der Waals surface area contributed by atoms with Crippen LogP contribution in [-0.4, -0.2) is 43.8 Å². The summed E-state index contributed by atoms with van der Waals surface area (Å²) in [6, 6.07) is 0. The number of sulfone groups is 1. The summed E-state index contributed by atoms with van der Waals surface area (Å²) in [6.45, 7) is 5.13. The van der Waals surface area contributed by atoms with Crippen LogP contribution in [-0.2, 0) is 14.6 Å². The summed E-state index contributed by atoms with van der Waals surface area (Å²) < 4.78 is 22.3. The Labute approximate surface area is 85.2 Å². The summed E-state index contributed by atoms with van der Waals surface area (Å²) in [6.07, 6.45) is 0.498. The van der Waals surface area contributed by atoms with E-state index in [9.17, 15) is 13.2 Å². The predicted molar refractivity (Wildman–Crippen MR) is 54.7 cm³/mol. The van der Waals surface area contributed by atoms with Crippen LogP contribution in [0.15, 0.2) is 0 Å². The SMILES string of the molecule is CCN(CC)C(=O)C1CCS(=O)(=O)C1. The van der Waals surface area contributed by atoms with Crippen LogP contribution in [0.2, 0.25) is 0 Å². The second-order valence-electron chi connectivity index (χ2n) is 3.61. The minimum Gasteiger partial charge on any atom is -0.343 e. The third kappa shape index (κ3) is 2.47. The van der Waals surface area contributed by atoms with Crippen molar-refractivity contribution in [3.63, 3.8) is 0 Å². The van der Waals surface area contributed by atoms with E-state index in [4.69, 9.17) is 0 Å². The summed E-state index contributed by atoms with van der Waals surface area (Å²) in [5, 5.41) is 0. The van der Waals surface area contributed by atoms with Crippen molar-refractivity contribution < 1.29 is 13.2 Å². The zero-order valence-electron chi connectivity index (χ0n) is 8.69. The highest BCUT2D eigenvalue weighted by Crippen LogP contribution is 2.20. The first-order valence-corrected chi connectivity index (χ1v) is 6.81. The maximum absolute atomic E-state index is 11.8. The second kappa shape index (κ2) is 4.29. The molecule has 1 aliphatic rings. The third-order valence-electron chi connectivity index (χ3n) is 2.66. The first-order valence-electron chi connectivity index (χ1n) is 4.99. The molecule has 0 spiro atoms. The third-order valence-corrected chi connectivity index (χ3v) is 4.42. The molecule has 1 atom stereocenters. The Bertz CT molecular complexity index is 306. The van der Waals surface area contributed by atoms with Gasteiger partial charge in [0.25, 0.3) is 0 Å². The van der Waals surface area contributed by atoms with Gasteiger partial charge >= 0.3 is 0 Å². The average Bonchev–Trinajstić information content (AvgIpc) is 2.48. The van der Waals surface area contributed by atoms with Gasteiger partial charge in [-0.05, 0) is 20.3 Å². The maximum Gasteiger partial charge on any atom is 0.226 e. The van der Waals surface area contributed by atoms with Gasteiger partial charge in [-0.2, -0.15) is 0 Å². The molecule has 1 heterocycles. The molecule has 1 unspecified atom stereocenters. The van der Waals surface area contributed by atoms with Crippen molar-refractivity contribution >= 4 is 15.7 Å². The largest absolute Gasteiger partial charge is 0.343 e. The van der Waals surface area contributed by atoms with Crippen LogP contribution in [0.4, 0.5) is 0 Å². The molecule has 1 fully saturated rings. The molecule has 14 heavy (non-hydrogen) atoms. The van der Waals surface area contributed by atoms with E-state index < -0.39 is 9.84 Å². The fourth-order valence-corrected chi connectivity index (χ4v) is 3.52. The van der Waals surface area contributed by atoms with E-state index in [-0.39, 0.29) is 23.3 Å². The minimum atomic E-state index is -2.94. The number of hydrogen-bond donors (Lipinski definition) is 0. The Hall–Kier alpha value is -0.580. The fraction of sp³-hybridized carbons (Fsp3) is 0.889. The summed E-state index contributed by atoms with van der Waals surface area (Å²) in [4.78, 5) is 13.5.